The lowest BCUT2D eigenvalue weighted by atomic mass is 9.59. The zero-order valence-corrected chi connectivity index (χ0v) is 10.7. The van der Waals surface area contributed by atoms with Crippen LogP contribution in [0.15, 0.2) is 12.2 Å². The number of allylic oxidation sites excluding steroid dienone is 2. The Kier molecular flexibility index (Phi) is 3.75. The zero-order chi connectivity index (χ0) is 11.6. The van der Waals surface area contributed by atoms with Crippen LogP contribution in [-0.4, -0.2) is 5.78 Å². The normalized spacial score (nSPS) is 35.7. The van der Waals surface area contributed by atoms with Crippen LogP contribution in [0.3, 0.4) is 0 Å². The fourth-order valence-corrected chi connectivity index (χ4v) is 2.80. The molecular weight excluding hydrogens is 184 g/mol. The Hall–Kier alpha value is -0.590. The van der Waals surface area contributed by atoms with E-state index in [1.165, 1.54) is 12.8 Å². The third-order valence-corrected chi connectivity index (χ3v) is 4.34. The monoisotopic (exact) mass is 208 g/mol. The number of carbonyl (C=O) groups is 1. The smallest absolute Gasteiger partial charge is 0.152 e. The van der Waals surface area contributed by atoms with E-state index >= 15 is 0 Å². The van der Waals surface area contributed by atoms with Gasteiger partial charge in [0.25, 0.3) is 0 Å². The van der Waals surface area contributed by atoms with Gasteiger partial charge < -0.3 is 0 Å². The van der Waals surface area contributed by atoms with Gasteiger partial charge in [-0.3, -0.25) is 4.79 Å². The molecule has 0 amide bonds. The van der Waals surface area contributed by atoms with Crippen molar-refractivity contribution in [2.75, 3.05) is 0 Å². The number of hydrogen-bond acceptors (Lipinski definition) is 1. The zero-order valence-electron chi connectivity index (χ0n) is 10.7. The highest BCUT2D eigenvalue weighted by atomic mass is 16.1. The van der Waals surface area contributed by atoms with E-state index in [0.29, 0.717) is 17.3 Å². The van der Waals surface area contributed by atoms with Crippen LogP contribution < -0.4 is 0 Å². The summed E-state index contributed by atoms with van der Waals surface area (Å²) in [5.74, 6) is 2.16. The summed E-state index contributed by atoms with van der Waals surface area (Å²) in [7, 11) is 0. The summed E-state index contributed by atoms with van der Waals surface area (Å²) < 4.78 is 0. The summed E-state index contributed by atoms with van der Waals surface area (Å²) in [5.41, 5.74) is 0.323. The third kappa shape index (κ3) is 2.70. The van der Waals surface area contributed by atoms with E-state index in [1.54, 1.807) is 13.0 Å². The Balaban J connectivity index is 2.85. The third-order valence-electron chi connectivity index (χ3n) is 4.34. The van der Waals surface area contributed by atoms with Crippen molar-refractivity contribution in [1.82, 2.24) is 0 Å². The molecule has 86 valence electrons. The molecule has 0 aromatic rings. The van der Waals surface area contributed by atoms with Gasteiger partial charge in [-0.15, -0.1) is 0 Å². The standard InChI is InChI=1S/C14H24O/c1-10-6-7-11(2)14(4,5)13(10)9-8-12(3)15/h8-11,13H,6-7H2,1-5H3/b9-8+/t10-,11-,13+/m1/s1. The maximum atomic E-state index is 11.0. The van der Waals surface area contributed by atoms with Crippen molar-refractivity contribution in [2.45, 2.75) is 47.5 Å². The predicted molar refractivity (Wildman–Crippen MR) is 64.7 cm³/mol. The van der Waals surface area contributed by atoms with Gasteiger partial charge in [-0.1, -0.05) is 33.8 Å². The highest BCUT2D eigenvalue weighted by Gasteiger charge is 2.39. The molecule has 15 heavy (non-hydrogen) atoms. The van der Waals surface area contributed by atoms with Gasteiger partial charge in [-0.05, 0) is 49.0 Å². The van der Waals surface area contributed by atoms with Gasteiger partial charge in [0.2, 0.25) is 0 Å². The number of rotatable bonds is 2. The maximum Gasteiger partial charge on any atom is 0.152 e. The summed E-state index contributed by atoms with van der Waals surface area (Å²) in [4.78, 5) is 11.0. The molecular formula is C14H24O. The lowest BCUT2D eigenvalue weighted by Gasteiger charge is -2.46. The molecule has 1 heteroatoms. The van der Waals surface area contributed by atoms with Crippen molar-refractivity contribution < 1.29 is 4.79 Å². The van der Waals surface area contributed by atoms with Gasteiger partial charge in [-0.25, -0.2) is 0 Å². The van der Waals surface area contributed by atoms with Crippen LogP contribution >= 0.6 is 0 Å². The molecule has 0 saturated heterocycles. The van der Waals surface area contributed by atoms with Crippen LogP contribution in [0.25, 0.3) is 0 Å². The van der Waals surface area contributed by atoms with E-state index in [4.69, 9.17) is 0 Å². The Labute approximate surface area is 93.9 Å². The molecule has 0 aromatic heterocycles. The molecule has 1 rings (SSSR count). The average Bonchev–Trinajstić information content (AvgIpc) is 2.11. The molecule has 1 saturated carbocycles. The molecule has 3 atom stereocenters. The van der Waals surface area contributed by atoms with E-state index in [9.17, 15) is 4.79 Å². The lowest BCUT2D eigenvalue weighted by molar-refractivity contribution is -0.112. The average molecular weight is 208 g/mol. The molecule has 1 aliphatic rings. The van der Waals surface area contributed by atoms with Gasteiger partial charge in [-0.2, -0.15) is 0 Å². The number of ketones is 1. The first-order valence-electron chi connectivity index (χ1n) is 6.04. The summed E-state index contributed by atoms with van der Waals surface area (Å²) in [6.45, 7) is 10.9. The van der Waals surface area contributed by atoms with Crippen molar-refractivity contribution in [3.05, 3.63) is 12.2 Å². The Bertz CT molecular complexity index is 263. The second-order valence-electron chi connectivity index (χ2n) is 5.77. The molecule has 1 fully saturated rings. The van der Waals surface area contributed by atoms with Crippen LogP contribution in [0, 0.1) is 23.2 Å². The molecule has 0 aliphatic heterocycles. The van der Waals surface area contributed by atoms with Crippen molar-refractivity contribution >= 4 is 5.78 Å². The Morgan fingerprint density at radius 3 is 2.40 bits per heavy atom. The van der Waals surface area contributed by atoms with Gasteiger partial charge in [0.1, 0.15) is 0 Å². The van der Waals surface area contributed by atoms with Crippen molar-refractivity contribution in [1.29, 1.82) is 0 Å². The first-order chi connectivity index (χ1) is 6.85. The van der Waals surface area contributed by atoms with E-state index < -0.39 is 0 Å². The molecule has 0 bridgehead atoms. The number of hydrogen-bond donors (Lipinski definition) is 0. The summed E-state index contributed by atoms with van der Waals surface area (Å²) in [6.07, 6.45) is 6.50. The second-order valence-corrected chi connectivity index (χ2v) is 5.77. The summed E-state index contributed by atoms with van der Waals surface area (Å²) >= 11 is 0. The van der Waals surface area contributed by atoms with Crippen LogP contribution in [0.5, 0.6) is 0 Å². The molecule has 0 heterocycles. The van der Waals surface area contributed by atoms with Crippen LogP contribution in [-0.2, 0) is 4.79 Å². The van der Waals surface area contributed by atoms with E-state index in [-0.39, 0.29) is 5.78 Å². The Morgan fingerprint density at radius 1 is 1.27 bits per heavy atom. The minimum Gasteiger partial charge on any atom is -0.295 e. The largest absolute Gasteiger partial charge is 0.295 e. The minimum atomic E-state index is 0.163. The summed E-state index contributed by atoms with van der Waals surface area (Å²) in [6, 6.07) is 0. The van der Waals surface area contributed by atoms with E-state index in [2.05, 4.69) is 33.8 Å². The van der Waals surface area contributed by atoms with Crippen LogP contribution in [0.4, 0.5) is 0 Å². The van der Waals surface area contributed by atoms with Gasteiger partial charge >= 0.3 is 0 Å². The SMILES string of the molecule is CC(=O)/C=C/[C@H]1[C@H](C)CC[C@@H](C)C1(C)C. The topological polar surface area (TPSA) is 17.1 Å². The molecule has 0 aromatic carbocycles. The van der Waals surface area contributed by atoms with Crippen molar-refractivity contribution in [3.63, 3.8) is 0 Å². The van der Waals surface area contributed by atoms with Crippen LogP contribution in [0.1, 0.15) is 47.5 Å². The van der Waals surface area contributed by atoms with Gasteiger partial charge in [0.15, 0.2) is 5.78 Å². The molecule has 1 aliphatic carbocycles. The first-order valence-corrected chi connectivity index (χ1v) is 6.04. The highest BCUT2D eigenvalue weighted by molar-refractivity contribution is 5.87. The molecule has 0 radical (unpaired) electrons. The van der Waals surface area contributed by atoms with Gasteiger partial charge in [0.05, 0.1) is 0 Å². The Morgan fingerprint density at radius 2 is 1.87 bits per heavy atom. The number of carbonyl (C=O) groups excluding carboxylic acids is 1. The van der Waals surface area contributed by atoms with Crippen molar-refractivity contribution in [2.24, 2.45) is 23.2 Å². The molecule has 0 N–H and O–H groups in total. The van der Waals surface area contributed by atoms with Crippen molar-refractivity contribution in [3.8, 4) is 0 Å². The fraction of sp³-hybridized carbons (Fsp3) is 0.786. The molecule has 1 nitrogen and oxygen atoms in total. The fourth-order valence-electron chi connectivity index (χ4n) is 2.80. The molecule has 0 unspecified atom stereocenters. The van der Waals surface area contributed by atoms with Gasteiger partial charge in [0, 0.05) is 0 Å². The predicted octanol–water partition coefficient (Wildman–Crippen LogP) is 3.84. The highest BCUT2D eigenvalue weighted by Crippen LogP contribution is 2.48. The minimum absolute atomic E-state index is 0.163. The lowest BCUT2D eigenvalue weighted by Crippen LogP contribution is -2.38. The van der Waals surface area contributed by atoms with E-state index in [1.807, 2.05) is 0 Å². The first kappa shape index (κ1) is 12.5. The second kappa shape index (κ2) is 4.51. The summed E-state index contributed by atoms with van der Waals surface area (Å²) in [5, 5.41) is 0. The maximum absolute atomic E-state index is 11.0. The van der Waals surface area contributed by atoms with E-state index in [0.717, 1.165) is 5.92 Å². The quantitative estimate of drug-likeness (QED) is 0.630. The molecule has 0 spiro atoms. The van der Waals surface area contributed by atoms with Crippen LogP contribution in [0.2, 0.25) is 0 Å².